The predicted octanol–water partition coefficient (Wildman–Crippen LogP) is 1.90. The summed E-state index contributed by atoms with van der Waals surface area (Å²) in [5, 5.41) is 0. The van der Waals surface area contributed by atoms with Crippen molar-refractivity contribution in [2.75, 3.05) is 12.3 Å². The molecule has 0 unspecified atom stereocenters. The average Bonchev–Trinajstić information content (AvgIpc) is 2.75. The minimum absolute atomic E-state index is 0.000730. The van der Waals surface area contributed by atoms with Crippen LogP contribution in [0.2, 0.25) is 4.34 Å². The van der Waals surface area contributed by atoms with Crippen LogP contribution in [0.4, 0.5) is 5.82 Å². The fourth-order valence-electron chi connectivity index (χ4n) is 1.50. The second-order valence-electron chi connectivity index (χ2n) is 3.74. The van der Waals surface area contributed by atoms with E-state index in [0.717, 1.165) is 4.88 Å². The van der Waals surface area contributed by atoms with Gasteiger partial charge in [0.1, 0.15) is 10.7 Å². The van der Waals surface area contributed by atoms with Crippen LogP contribution >= 0.6 is 22.9 Å². The van der Waals surface area contributed by atoms with E-state index in [1.54, 1.807) is 6.07 Å². The number of anilines is 1. The number of sulfonamides is 1. The molecule has 0 bridgehead atoms. The van der Waals surface area contributed by atoms with E-state index in [0.29, 0.717) is 10.8 Å². The first-order valence-electron chi connectivity index (χ1n) is 5.43. The molecule has 3 N–H and O–H groups in total. The van der Waals surface area contributed by atoms with Gasteiger partial charge in [0.05, 0.1) is 4.34 Å². The summed E-state index contributed by atoms with van der Waals surface area (Å²) in [6.45, 7) is 0.285. The van der Waals surface area contributed by atoms with Crippen LogP contribution in [0, 0.1) is 0 Å². The maximum absolute atomic E-state index is 12.0. The summed E-state index contributed by atoms with van der Waals surface area (Å²) in [6, 6.07) is 6.62. The molecule has 5 nitrogen and oxygen atoms in total. The van der Waals surface area contributed by atoms with Crippen LogP contribution in [0.25, 0.3) is 0 Å². The zero-order valence-corrected chi connectivity index (χ0v) is 12.2. The lowest BCUT2D eigenvalue weighted by molar-refractivity contribution is 0.582. The smallest absolute Gasteiger partial charge is 0.244 e. The highest BCUT2D eigenvalue weighted by Gasteiger charge is 2.17. The van der Waals surface area contributed by atoms with E-state index in [4.69, 9.17) is 17.3 Å². The Bertz CT molecular complexity index is 670. The fraction of sp³-hybridized carbons (Fsp3) is 0.182. The topological polar surface area (TPSA) is 85.1 Å². The maximum Gasteiger partial charge on any atom is 0.244 e. The van der Waals surface area contributed by atoms with Gasteiger partial charge in [0.25, 0.3) is 0 Å². The molecule has 0 aliphatic heterocycles. The van der Waals surface area contributed by atoms with Crippen molar-refractivity contribution < 1.29 is 8.42 Å². The molecular weight excluding hydrogens is 306 g/mol. The van der Waals surface area contributed by atoms with Gasteiger partial charge in [-0.15, -0.1) is 11.3 Å². The monoisotopic (exact) mass is 317 g/mol. The van der Waals surface area contributed by atoms with E-state index in [1.165, 1.54) is 29.7 Å². The molecule has 2 rings (SSSR count). The number of nitrogens with one attached hydrogen (secondary N) is 1. The van der Waals surface area contributed by atoms with Gasteiger partial charge in [-0.2, -0.15) is 0 Å². The Morgan fingerprint density at radius 1 is 1.37 bits per heavy atom. The van der Waals surface area contributed by atoms with Crippen LogP contribution in [0.5, 0.6) is 0 Å². The summed E-state index contributed by atoms with van der Waals surface area (Å²) in [4.78, 5) is 4.78. The highest BCUT2D eigenvalue weighted by atomic mass is 35.5. The lowest BCUT2D eigenvalue weighted by Gasteiger charge is -2.07. The molecule has 0 saturated carbocycles. The van der Waals surface area contributed by atoms with Crippen molar-refractivity contribution in [2.24, 2.45) is 0 Å². The Labute approximate surface area is 120 Å². The van der Waals surface area contributed by atoms with Gasteiger partial charge in [-0.05, 0) is 30.7 Å². The number of hydrogen-bond donors (Lipinski definition) is 2. The van der Waals surface area contributed by atoms with Gasteiger partial charge in [-0.3, -0.25) is 0 Å². The van der Waals surface area contributed by atoms with Gasteiger partial charge in [0, 0.05) is 17.6 Å². The molecule has 0 aliphatic carbocycles. The first-order chi connectivity index (χ1) is 8.99. The molecule has 19 heavy (non-hydrogen) atoms. The molecule has 0 radical (unpaired) electrons. The molecular formula is C11H12ClN3O2S2. The van der Waals surface area contributed by atoms with Crippen LogP contribution in [-0.4, -0.2) is 19.9 Å². The minimum Gasteiger partial charge on any atom is -0.383 e. The SMILES string of the molecule is Nc1ncccc1S(=O)(=O)NCCc1ccc(Cl)s1. The molecule has 2 aromatic rings. The number of nitrogens with two attached hydrogens (primary N) is 1. The summed E-state index contributed by atoms with van der Waals surface area (Å²) in [7, 11) is -3.62. The summed E-state index contributed by atoms with van der Waals surface area (Å²) in [5.74, 6) is -0.00540. The van der Waals surface area contributed by atoms with E-state index in [-0.39, 0.29) is 17.3 Å². The van der Waals surface area contributed by atoms with Gasteiger partial charge < -0.3 is 5.73 Å². The molecule has 0 saturated heterocycles. The van der Waals surface area contributed by atoms with Crippen molar-refractivity contribution in [3.8, 4) is 0 Å². The molecule has 0 atom stereocenters. The third kappa shape index (κ3) is 3.66. The third-order valence-electron chi connectivity index (χ3n) is 2.38. The first kappa shape index (κ1) is 14.3. The van der Waals surface area contributed by atoms with Gasteiger partial charge in [-0.1, -0.05) is 11.6 Å². The second kappa shape index (κ2) is 5.87. The molecule has 0 aliphatic rings. The van der Waals surface area contributed by atoms with Crippen molar-refractivity contribution in [1.29, 1.82) is 0 Å². The lowest BCUT2D eigenvalue weighted by Crippen LogP contribution is -2.26. The normalized spacial score (nSPS) is 11.6. The number of rotatable bonds is 5. The van der Waals surface area contributed by atoms with E-state index >= 15 is 0 Å². The first-order valence-corrected chi connectivity index (χ1v) is 8.11. The van der Waals surface area contributed by atoms with Crippen LogP contribution in [0.15, 0.2) is 35.4 Å². The van der Waals surface area contributed by atoms with Crippen molar-refractivity contribution in [2.45, 2.75) is 11.3 Å². The van der Waals surface area contributed by atoms with E-state index < -0.39 is 10.0 Å². The second-order valence-corrected chi connectivity index (χ2v) is 7.28. The van der Waals surface area contributed by atoms with Gasteiger partial charge in [-0.25, -0.2) is 18.1 Å². The fourth-order valence-corrected chi connectivity index (χ4v) is 3.70. The lowest BCUT2D eigenvalue weighted by atomic mass is 10.3. The summed E-state index contributed by atoms with van der Waals surface area (Å²) < 4.78 is 27.2. The molecule has 8 heteroatoms. The van der Waals surface area contributed by atoms with Crippen LogP contribution in [0.1, 0.15) is 4.88 Å². The van der Waals surface area contributed by atoms with Crippen molar-refractivity contribution >= 4 is 38.8 Å². The van der Waals surface area contributed by atoms with Gasteiger partial charge in [0.15, 0.2) is 0 Å². The Balaban J connectivity index is 2.01. The van der Waals surface area contributed by atoms with E-state index in [9.17, 15) is 8.42 Å². The number of hydrogen-bond acceptors (Lipinski definition) is 5. The van der Waals surface area contributed by atoms with E-state index in [1.807, 2.05) is 6.07 Å². The molecule has 0 aromatic carbocycles. The maximum atomic E-state index is 12.0. The molecule has 0 fully saturated rings. The number of aromatic nitrogens is 1. The highest BCUT2D eigenvalue weighted by Crippen LogP contribution is 2.21. The minimum atomic E-state index is -3.62. The number of nitrogens with zero attached hydrogens (tertiary/aromatic N) is 1. The Morgan fingerprint density at radius 3 is 2.79 bits per heavy atom. The summed E-state index contributed by atoms with van der Waals surface area (Å²) in [6.07, 6.45) is 2.03. The largest absolute Gasteiger partial charge is 0.383 e. The number of pyridine rings is 1. The molecule has 0 spiro atoms. The summed E-state index contributed by atoms with van der Waals surface area (Å²) in [5.41, 5.74) is 5.55. The number of nitrogen functional groups attached to an aromatic ring is 1. The van der Waals surface area contributed by atoms with E-state index in [2.05, 4.69) is 9.71 Å². The zero-order valence-electron chi connectivity index (χ0n) is 9.84. The Morgan fingerprint density at radius 2 is 2.16 bits per heavy atom. The molecule has 102 valence electrons. The molecule has 2 heterocycles. The zero-order chi connectivity index (χ0) is 13.9. The van der Waals surface area contributed by atoms with Crippen LogP contribution in [0.3, 0.4) is 0 Å². The number of thiophene rings is 1. The Hall–Kier alpha value is -1.15. The van der Waals surface area contributed by atoms with Gasteiger partial charge in [0.2, 0.25) is 10.0 Å². The molecule has 2 aromatic heterocycles. The van der Waals surface area contributed by atoms with Crippen LogP contribution < -0.4 is 10.5 Å². The standard InChI is InChI=1S/C11H12ClN3O2S2/c12-10-4-3-8(18-10)5-7-15-19(16,17)9-2-1-6-14-11(9)13/h1-4,6,15H,5,7H2,(H2,13,14). The van der Waals surface area contributed by atoms with Crippen molar-refractivity contribution in [3.63, 3.8) is 0 Å². The third-order valence-corrected chi connectivity index (χ3v) is 5.18. The highest BCUT2D eigenvalue weighted by molar-refractivity contribution is 7.89. The Kier molecular flexibility index (Phi) is 4.41. The van der Waals surface area contributed by atoms with Gasteiger partial charge >= 0.3 is 0 Å². The number of halogens is 1. The van der Waals surface area contributed by atoms with Crippen LogP contribution in [-0.2, 0) is 16.4 Å². The van der Waals surface area contributed by atoms with Crippen molar-refractivity contribution in [1.82, 2.24) is 9.71 Å². The average molecular weight is 318 g/mol. The molecule has 0 amide bonds. The van der Waals surface area contributed by atoms with Crippen molar-refractivity contribution in [3.05, 3.63) is 39.7 Å². The predicted molar refractivity (Wildman–Crippen MR) is 76.9 cm³/mol. The summed E-state index contributed by atoms with van der Waals surface area (Å²) >= 11 is 7.23. The quantitative estimate of drug-likeness (QED) is 0.882.